The minimum absolute atomic E-state index is 0.339. The lowest BCUT2D eigenvalue weighted by molar-refractivity contribution is 0.151. The van der Waals surface area contributed by atoms with Crippen LogP contribution in [0.2, 0.25) is 10.0 Å². The van der Waals surface area contributed by atoms with Crippen LogP contribution < -0.4 is 5.32 Å². The molecule has 0 aromatic heterocycles. The van der Waals surface area contributed by atoms with E-state index in [1.165, 1.54) is 0 Å². The van der Waals surface area contributed by atoms with Crippen molar-refractivity contribution >= 4 is 23.2 Å². The molecule has 2 atom stereocenters. The molecule has 1 heterocycles. The zero-order chi connectivity index (χ0) is 13.1. The van der Waals surface area contributed by atoms with Gasteiger partial charge in [0, 0.05) is 41.8 Å². The van der Waals surface area contributed by atoms with Gasteiger partial charge in [0.15, 0.2) is 0 Å². The van der Waals surface area contributed by atoms with Gasteiger partial charge in [-0.15, -0.1) is 0 Å². The van der Waals surface area contributed by atoms with Crippen molar-refractivity contribution in [2.24, 2.45) is 0 Å². The van der Waals surface area contributed by atoms with Crippen molar-refractivity contribution in [1.82, 2.24) is 10.2 Å². The molecule has 0 saturated carbocycles. The first-order valence-corrected chi connectivity index (χ1v) is 7.29. The third-order valence-corrected chi connectivity index (χ3v) is 4.30. The summed E-state index contributed by atoms with van der Waals surface area (Å²) in [6, 6.07) is 6.71. The summed E-state index contributed by atoms with van der Waals surface area (Å²) in [5.41, 5.74) is 1.16. The van der Waals surface area contributed by atoms with Crippen molar-refractivity contribution in [3.05, 3.63) is 33.8 Å². The van der Waals surface area contributed by atoms with Crippen LogP contribution >= 0.6 is 23.2 Å². The summed E-state index contributed by atoms with van der Waals surface area (Å²) < 4.78 is 0. The summed E-state index contributed by atoms with van der Waals surface area (Å²) >= 11 is 12.2. The quantitative estimate of drug-likeness (QED) is 0.911. The highest BCUT2D eigenvalue weighted by molar-refractivity contribution is 6.35. The molecule has 1 N–H and O–H groups in total. The standard InChI is InChI=1S/C14H20Cl2N2/c1-3-12-9-18(7-6-17-12)10(2)13-5-4-11(15)8-14(13)16/h4-5,8,10,12,17H,3,6-7,9H2,1-2H3. The first-order valence-electron chi connectivity index (χ1n) is 6.54. The van der Waals surface area contributed by atoms with Crippen LogP contribution in [-0.4, -0.2) is 30.6 Å². The van der Waals surface area contributed by atoms with Crippen LogP contribution in [-0.2, 0) is 0 Å². The summed E-state index contributed by atoms with van der Waals surface area (Å²) in [6.07, 6.45) is 1.16. The molecule has 0 aliphatic carbocycles. The molecule has 1 aliphatic heterocycles. The van der Waals surface area contributed by atoms with Crippen molar-refractivity contribution in [3.8, 4) is 0 Å². The van der Waals surface area contributed by atoms with Crippen molar-refractivity contribution in [3.63, 3.8) is 0 Å². The van der Waals surface area contributed by atoms with Gasteiger partial charge in [0.1, 0.15) is 0 Å². The van der Waals surface area contributed by atoms with E-state index in [2.05, 4.69) is 24.1 Å². The van der Waals surface area contributed by atoms with Gasteiger partial charge in [0.2, 0.25) is 0 Å². The van der Waals surface area contributed by atoms with E-state index in [1.54, 1.807) is 0 Å². The van der Waals surface area contributed by atoms with Gasteiger partial charge in [-0.2, -0.15) is 0 Å². The topological polar surface area (TPSA) is 15.3 Å². The van der Waals surface area contributed by atoms with Gasteiger partial charge in [-0.25, -0.2) is 0 Å². The van der Waals surface area contributed by atoms with Gasteiger partial charge < -0.3 is 5.32 Å². The summed E-state index contributed by atoms with van der Waals surface area (Å²) in [4.78, 5) is 2.49. The summed E-state index contributed by atoms with van der Waals surface area (Å²) in [7, 11) is 0. The van der Waals surface area contributed by atoms with Gasteiger partial charge >= 0.3 is 0 Å². The van der Waals surface area contributed by atoms with Crippen molar-refractivity contribution in [2.75, 3.05) is 19.6 Å². The van der Waals surface area contributed by atoms with Gasteiger partial charge in [-0.3, -0.25) is 4.90 Å². The molecular weight excluding hydrogens is 267 g/mol. The Morgan fingerprint density at radius 3 is 2.89 bits per heavy atom. The second kappa shape index (κ2) is 6.25. The monoisotopic (exact) mass is 286 g/mol. The molecule has 4 heteroatoms. The van der Waals surface area contributed by atoms with Crippen LogP contribution in [0.1, 0.15) is 31.9 Å². The molecule has 18 heavy (non-hydrogen) atoms. The maximum absolute atomic E-state index is 6.29. The van der Waals surface area contributed by atoms with E-state index in [9.17, 15) is 0 Å². The van der Waals surface area contributed by atoms with E-state index in [-0.39, 0.29) is 0 Å². The SMILES string of the molecule is CCC1CN(C(C)c2ccc(Cl)cc2Cl)CCN1. The Labute approximate surface area is 119 Å². The molecule has 2 rings (SSSR count). The van der Waals surface area contributed by atoms with Crippen LogP contribution in [0.3, 0.4) is 0 Å². The molecule has 2 unspecified atom stereocenters. The van der Waals surface area contributed by atoms with Crippen LogP contribution in [0.4, 0.5) is 0 Å². The number of nitrogens with one attached hydrogen (secondary N) is 1. The molecule has 100 valence electrons. The molecule has 0 spiro atoms. The van der Waals surface area contributed by atoms with Gasteiger partial charge in [0.25, 0.3) is 0 Å². The minimum Gasteiger partial charge on any atom is -0.311 e. The smallest absolute Gasteiger partial charge is 0.0468 e. The van der Waals surface area contributed by atoms with Crippen LogP contribution in [0.15, 0.2) is 18.2 Å². The number of halogens is 2. The molecule has 1 aliphatic rings. The largest absolute Gasteiger partial charge is 0.311 e. The third-order valence-electron chi connectivity index (χ3n) is 3.74. The highest BCUT2D eigenvalue weighted by Gasteiger charge is 2.24. The fourth-order valence-electron chi connectivity index (χ4n) is 2.51. The first-order chi connectivity index (χ1) is 8.61. The first kappa shape index (κ1) is 14.1. The Morgan fingerprint density at radius 2 is 2.22 bits per heavy atom. The number of benzene rings is 1. The lowest BCUT2D eigenvalue weighted by Crippen LogP contribution is -2.50. The third kappa shape index (κ3) is 3.18. The number of piperazine rings is 1. The Hall–Kier alpha value is -0.280. The Morgan fingerprint density at radius 1 is 1.44 bits per heavy atom. The maximum atomic E-state index is 6.29. The zero-order valence-corrected chi connectivity index (χ0v) is 12.4. The molecule has 1 aromatic carbocycles. The fraction of sp³-hybridized carbons (Fsp3) is 0.571. The molecule has 0 radical (unpaired) electrons. The predicted octanol–water partition coefficient (Wildman–Crippen LogP) is 3.74. The number of rotatable bonds is 3. The van der Waals surface area contributed by atoms with E-state index in [0.29, 0.717) is 17.1 Å². The van der Waals surface area contributed by atoms with Crippen LogP contribution in [0.5, 0.6) is 0 Å². The lowest BCUT2D eigenvalue weighted by Gasteiger charge is -2.37. The van der Waals surface area contributed by atoms with Crippen molar-refractivity contribution in [2.45, 2.75) is 32.4 Å². The summed E-state index contributed by atoms with van der Waals surface area (Å²) in [5.74, 6) is 0. The van der Waals surface area contributed by atoms with Gasteiger partial charge in [-0.1, -0.05) is 36.2 Å². The van der Waals surface area contributed by atoms with E-state index in [4.69, 9.17) is 23.2 Å². The Bertz CT molecular complexity index is 409. The predicted molar refractivity (Wildman–Crippen MR) is 78.5 cm³/mol. The molecular formula is C14H20Cl2N2. The molecule has 2 nitrogen and oxygen atoms in total. The molecule has 0 bridgehead atoms. The second-order valence-electron chi connectivity index (χ2n) is 4.90. The maximum Gasteiger partial charge on any atom is 0.0468 e. The minimum atomic E-state index is 0.339. The molecule has 1 saturated heterocycles. The summed E-state index contributed by atoms with van der Waals surface area (Å²) in [5, 5.41) is 5.00. The Kier molecular flexibility index (Phi) is 4.91. The number of hydrogen-bond donors (Lipinski definition) is 1. The summed E-state index contributed by atoms with van der Waals surface area (Å²) in [6.45, 7) is 7.63. The van der Waals surface area contributed by atoms with Crippen molar-refractivity contribution in [1.29, 1.82) is 0 Å². The Balaban J connectivity index is 2.12. The average Bonchev–Trinajstić information content (AvgIpc) is 2.38. The second-order valence-corrected chi connectivity index (χ2v) is 5.74. The molecule has 1 aromatic rings. The van der Waals surface area contributed by atoms with E-state index >= 15 is 0 Å². The zero-order valence-electron chi connectivity index (χ0n) is 10.9. The molecule has 1 fully saturated rings. The number of hydrogen-bond acceptors (Lipinski definition) is 2. The van der Waals surface area contributed by atoms with Crippen LogP contribution in [0, 0.1) is 0 Å². The van der Waals surface area contributed by atoms with E-state index < -0.39 is 0 Å². The average molecular weight is 287 g/mol. The lowest BCUT2D eigenvalue weighted by atomic mass is 10.0. The van der Waals surface area contributed by atoms with Gasteiger partial charge in [-0.05, 0) is 31.0 Å². The van der Waals surface area contributed by atoms with E-state index in [1.807, 2.05) is 18.2 Å². The highest BCUT2D eigenvalue weighted by atomic mass is 35.5. The molecule has 0 amide bonds. The van der Waals surface area contributed by atoms with Gasteiger partial charge in [0.05, 0.1) is 0 Å². The van der Waals surface area contributed by atoms with Crippen LogP contribution in [0.25, 0.3) is 0 Å². The fourth-order valence-corrected chi connectivity index (χ4v) is 3.08. The normalized spacial score (nSPS) is 23.0. The van der Waals surface area contributed by atoms with E-state index in [0.717, 1.165) is 36.6 Å². The highest BCUT2D eigenvalue weighted by Crippen LogP contribution is 2.30. The number of nitrogens with zero attached hydrogens (tertiary/aromatic N) is 1. The van der Waals surface area contributed by atoms with Crippen molar-refractivity contribution < 1.29 is 0 Å².